The highest BCUT2D eigenvalue weighted by atomic mass is 16.3. The smallest absolute Gasteiger partial charge is 0.115 e. The van der Waals surface area contributed by atoms with E-state index in [9.17, 15) is 5.11 Å². The van der Waals surface area contributed by atoms with Crippen LogP contribution in [0.1, 0.15) is 16.7 Å². The number of allylic oxidation sites excluding steroid dienone is 1. The Morgan fingerprint density at radius 1 is 0.833 bits per heavy atom. The third-order valence-electron chi connectivity index (χ3n) is 3.75. The first-order valence-corrected chi connectivity index (χ1v) is 7.85. The molecule has 0 heterocycles. The van der Waals surface area contributed by atoms with E-state index in [1.54, 1.807) is 24.3 Å². The topological polar surface area (TPSA) is 20.2 Å². The first-order chi connectivity index (χ1) is 11.7. The van der Waals surface area contributed by atoms with Crippen molar-refractivity contribution in [3.8, 4) is 28.7 Å². The summed E-state index contributed by atoms with van der Waals surface area (Å²) in [5.41, 5.74) is 5.67. The Bertz CT molecular complexity index is 905. The molecule has 0 saturated heterocycles. The molecule has 0 unspecified atom stereocenters. The van der Waals surface area contributed by atoms with E-state index in [1.165, 1.54) is 16.7 Å². The van der Waals surface area contributed by atoms with E-state index >= 15 is 0 Å². The van der Waals surface area contributed by atoms with Crippen molar-refractivity contribution in [1.29, 1.82) is 0 Å². The van der Waals surface area contributed by atoms with Crippen molar-refractivity contribution in [1.82, 2.24) is 0 Å². The van der Waals surface area contributed by atoms with Crippen LogP contribution in [-0.4, -0.2) is 5.11 Å². The Morgan fingerprint density at radius 3 is 2.29 bits per heavy atom. The number of aryl methyl sites for hydroxylation is 1. The van der Waals surface area contributed by atoms with Gasteiger partial charge < -0.3 is 5.11 Å². The molecule has 0 aliphatic rings. The molecule has 24 heavy (non-hydrogen) atoms. The zero-order valence-electron chi connectivity index (χ0n) is 13.5. The first kappa shape index (κ1) is 15.6. The molecule has 1 nitrogen and oxygen atoms in total. The SMILES string of the molecule is Cc1ccc(-c2ccccc2/C=C/C#Cc2ccc(O)cc2)cc1. The van der Waals surface area contributed by atoms with E-state index in [-0.39, 0.29) is 5.75 Å². The average molecular weight is 310 g/mol. The maximum Gasteiger partial charge on any atom is 0.115 e. The zero-order valence-corrected chi connectivity index (χ0v) is 13.5. The minimum Gasteiger partial charge on any atom is -0.508 e. The van der Waals surface area contributed by atoms with Gasteiger partial charge in [-0.15, -0.1) is 0 Å². The third kappa shape index (κ3) is 3.94. The summed E-state index contributed by atoms with van der Waals surface area (Å²) in [7, 11) is 0. The van der Waals surface area contributed by atoms with Crippen molar-refractivity contribution >= 4 is 6.08 Å². The van der Waals surface area contributed by atoms with Gasteiger partial charge in [0, 0.05) is 5.56 Å². The monoisotopic (exact) mass is 310 g/mol. The molecule has 0 bridgehead atoms. The second kappa shape index (κ2) is 7.35. The largest absolute Gasteiger partial charge is 0.508 e. The van der Waals surface area contributed by atoms with Gasteiger partial charge in [0.1, 0.15) is 5.75 Å². The van der Waals surface area contributed by atoms with E-state index in [4.69, 9.17) is 0 Å². The fourth-order valence-electron chi connectivity index (χ4n) is 2.44. The van der Waals surface area contributed by atoms with E-state index in [0.29, 0.717) is 0 Å². The Hall–Kier alpha value is -3.24. The summed E-state index contributed by atoms with van der Waals surface area (Å²) in [6.07, 6.45) is 3.89. The molecular weight excluding hydrogens is 292 g/mol. The van der Waals surface area contributed by atoms with E-state index in [1.807, 2.05) is 18.2 Å². The Balaban J connectivity index is 1.83. The van der Waals surface area contributed by atoms with Gasteiger partial charge in [-0.2, -0.15) is 0 Å². The molecule has 0 aromatic heterocycles. The van der Waals surface area contributed by atoms with Crippen LogP contribution in [0, 0.1) is 18.8 Å². The minimum atomic E-state index is 0.253. The van der Waals surface area contributed by atoms with Crippen molar-refractivity contribution < 1.29 is 5.11 Å². The van der Waals surface area contributed by atoms with Gasteiger partial charge in [-0.1, -0.05) is 65.9 Å². The van der Waals surface area contributed by atoms with Gasteiger partial charge in [0.15, 0.2) is 0 Å². The fraction of sp³-hybridized carbons (Fsp3) is 0.0435. The highest BCUT2D eigenvalue weighted by Gasteiger charge is 2.01. The molecule has 3 aromatic carbocycles. The van der Waals surface area contributed by atoms with Crippen LogP contribution in [-0.2, 0) is 0 Å². The lowest BCUT2D eigenvalue weighted by molar-refractivity contribution is 0.475. The number of hydrogen-bond donors (Lipinski definition) is 1. The molecule has 1 heteroatoms. The van der Waals surface area contributed by atoms with Crippen LogP contribution < -0.4 is 0 Å². The Kier molecular flexibility index (Phi) is 4.79. The molecule has 0 amide bonds. The molecule has 1 N–H and O–H groups in total. The molecule has 0 aliphatic heterocycles. The second-order valence-corrected chi connectivity index (χ2v) is 5.60. The highest BCUT2D eigenvalue weighted by Crippen LogP contribution is 2.24. The molecule has 3 aromatic rings. The molecule has 0 fully saturated rings. The number of benzene rings is 3. The van der Waals surface area contributed by atoms with Crippen LogP contribution in [0.5, 0.6) is 5.75 Å². The van der Waals surface area contributed by atoms with Crippen LogP contribution in [0.3, 0.4) is 0 Å². The number of phenolic OH excluding ortho intramolecular Hbond substituents is 1. The standard InChI is InChI=1S/C23H18O/c1-18-10-14-21(15-11-18)23-9-5-4-8-20(23)7-3-2-6-19-12-16-22(24)17-13-19/h3-5,7-17,24H,1H3/b7-3+. The Labute approximate surface area is 142 Å². The van der Waals surface area contributed by atoms with Crippen LogP contribution >= 0.6 is 0 Å². The summed E-state index contributed by atoms with van der Waals surface area (Å²) in [6, 6.07) is 23.7. The molecular formula is C23H18O. The summed E-state index contributed by atoms with van der Waals surface area (Å²) in [5, 5.41) is 9.27. The van der Waals surface area contributed by atoms with Crippen molar-refractivity contribution in [3.63, 3.8) is 0 Å². The Morgan fingerprint density at radius 2 is 1.54 bits per heavy atom. The van der Waals surface area contributed by atoms with E-state index < -0.39 is 0 Å². The van der Waals surface area contributed by atoms with Gasteiger partial charge in [-0.05, 0) is 60.0 Å². The van der Waals surface area contributed by atoms with Crippen molar-refractivity contribution in [2.45, 2.75) is 6.92 Å². The fourth-order valence-corrected chi connectivity index (χ4v) is 2.44. The lowest BCUT2D eigenvalue weighted by Gasteiger charge is -2.06. The first-order valence-electron chi connectivity index (χ1n) is 7.85. The van der Waals surface area contributed by atoms with Crippen LogP contribution in [0.4, 0.5) is 0 Å². The number of hydrogen-bond acceptors (Lipinski definition) is 1. The van der Waals surface area contributed by atoms with Gasteiger partial charge in [0.2, 0.25) is 0 Å². The van der Waals surface area contributed by atoms with Crippen LogP contribution in [0.15, 0.2) is 78.9 Å². The molecule has 0 spiro atoms. The summed E-state index contributed by atoms with van der Waals surface area (Å²) in [4.78, 5) is 0. The molecule has 0 atom stereocenters. The van der Waals surface area contributed by atoms with Gasteiger partial charge in [0.25, 0.3) is 0 Å². The molecule has 0 radical (unpaired) electrons. The molecule has 116 valence electrons. The predicted molar refractivity (Wildman–Crippen MR) is 101 cm³/mol. The molecule has 0 aliphatic carbocycles. The van der Waals surface area contributed by atoms with Gasteiger partial charge in [-0.3, -0.25) is 0 Å². The summed E-state index contributed by atoms with van der Waals surface area (Å²) in [5.74, 6) is 6.36. The zero-order chi connectivity index (χ0) is 16.8. The average Bonchev–Trinajstić information content (AvgIpc) is 2.61. The minimum absolute atomic E-state index is 0.253. The highest BCUT2D eigenvalue weighted by molar-refractivity contribution is 5.75. The third-order valence-corrected chi connectivity index (χ3v) is 3.75. The van der Waals surface area contributed by atoms with Crippen LogP contribution in [0.2, 0.25) is 0 Å². The summed E-state index contributed by atoms with van der Waals surface area (Å²) in [6.45, 7) is 2.09. The maximum absolute atomic E-state index is 9.27. The normalized spacial score (nSPS) is 10.4. The summed E-state index contributed by atoms with van der Waals surface area (Å²) < 4.78 is 0. The number of phenols is 1. The van der Waals surface area contributed by atoms with Crippen molar-refractivity contribution in [2.75, 3.05) is 0 Å². The van der Waals surface area contributed by atoms with Crippen molar-refractivity contribution in [3.05, 3.63) is 95.6 Å². The van der Waals surface area contributed by atoms with E-state index in [2.05, 4.69) is 61.2 Å². The molecule has 3 rings (SSSR count). The lowest BCUT2D eigenvalue weighted by atomic mass is 9.98. The maximum atomic E-state index is 9.27. The van der Waals surface area contributed by atoms with Gasteiger partial charge >= 0.3 is 0 Å². The number of aromatic hydroxyl groups is 1. The molecule has 0 saturated carbocycles. The van der Waals surface area contributed by atoms with E-state index in [0.717, 1.165) is 11.1 Å². The van der Waals surface area contributed by atoms with Gasteiger partial charge in [-0.25, -0.2) is 0 Å². The number of rotatable bonds is 2. The summed E-state index contributed by atoms with van der Waals surface area (Å²) >= 11 is 0. The predicted octanol–water partition coefficient (Wildman–Crippen LogP) is 5.43. The lowest BCUT2D eigenvalue weighted by Crippen LogP contribution is -1.83. The second-order valence-electron chi connectivity index (χ2n) is 5.60. The van der Waals surface area contributed by atoms with Crippen LogP contribution in [0.25, 0.3) is 17.2 Å². The quantitative estimate of drug-likeness (QED) is 0.625. The van der Waals surface area contributed by atoms with Gasteiger partial charge in [0.05, 0.1) is 0 Å². The van der Waals surface area contributed by atoms with Crippen molar-refractivity contribution in [2.24, 2.45) is 0 Å².